The average molecular weight is 304 g/mol. The Morgan fingerprint density at radius 1 is 1.09 bits per heavy atom. The van der Waals surface area contributed by atoms with Crippen molar-refractivity contribution in [3.8, 4) is 0 Å². The number of likely N-dealkylation sites (N-methyl/N-ethyl adjacent to an activating group) is 1. The van der Waals surface area contributed by atoms with E-state index >= 15 is 0 Å². The van der Waals surface area contributed by atoms with Crippen LogP contribution < -0.4 is 4.90 Å². The van der Waals surface area contributed by atoms with E-state index in [-0.39, 0.29) is 0 Å². The quantitative estimate of drug-likeness (QED) is 0.817. The number of hydrogen-bond donors (Lipinski definition) is 0. The maximum atomic E-state index is 2.51. The molecule has 2 aliphatic heterocycles. The molecule has 2 unspecified atom stereocenters. The van der Waals surface area contributed by atoms with E-state index in [0.29, 0.717) is 12.0 Å². The first-order valence-electron chi connectivity index (χ1n) is 8.53. The molecule has 1 fully saturated rings. The van der Waals surface area contributed by atoms with E-state index in [1.165, 1.54) is 35.3 Å². The van der Waals surface area contributed by atoms with Crippen LogP contribution in [0.25, 0.3) is 6.08 Å². The number of anilines is 1. The normalized spacial score (nSPS) is 24.0. The van der Waals surface area contributed by atoms with Gasteiger partial charge in [0.25, 0.3) is 0 Å². The van der Waals surface area contributed by atoms with Gasteiger partial charge in [-0.3, -0.25) is 0 Å². The minimum atomic E-state index is 0.600. The van der Waals surface area contributed by atoms with Crippen molar-refractivity contribution in [1.29, 1.82) is 0 Å². The summed E-state index contributed by atoms with van der Waals surface area (Å²) in [5.74, 6) is 0.629. The van der Waals surface area contributed by atoms with Gasteiger partial charge in [0.1, 0.15) is 0 Å². The topological polar surface area (TPSA) is 6.48 Å². The lowest BCUT2D eigenvalue weighted by atomic mass is 9.89. The highest BCUT2D eigenvalue weighted by Gasteiger charge is 2.40. The van der Waals surface area contributed by atoms with E-state index in [2.05, 4.69) is 84.6 Å². The van der Waals surface area contributed by atoms with Crippen molar-refractivity contribution in [2.45, 2.75) is 25.3 Å². The zero-order valence-corrected chi connectivity index (χ0v) is 13.9. The molecule has 2 aliphatic rings. The lowest BCUT2D eigenvalue weighted by Gasteiger charge is -2.36. The molecule has 1 saturated heterocycles. The van der Waals surface area contributed by atoms with Gasteiger partial charge in [0, 0.05) is 30.4 Å². The summed E-state index contributed by atoms with van der Waals surface area (Å²) < 4.78 is 0. The van der Waals surface area contributed by atoms with E-state index in [1.54, 1.807) is 0 Å². The first-order chi connectivity index (χ1) is 11.2. The van der Waals surface area contributed by atoms with Crippen molar-refractivity contribution in [1.82, 2.24) is 4.90 Å². The largest absolute Gasteiger partial charge is 0.344 e. The second-order valence-corrected chi connectivity index (χ2v) is 6.92. The smallest absolute Gasteiger partial charge is 0.0445 e. The van der Waals surface area contributed by atoms with Crippen molar-refractivity contribution in [2.75, 3.05) is 25.0 Å². The molecule has 0 N–H and O–H groups in total. The van der Waals surface area contributed by atoms with Crippen LogP contribution in [0.4, 0.5) is 5.69 Å². The third kappa shape index (κ3) is 2.68. The molecule has 2 nitrogen and oxygen atoms in total. The number of likely N-dealkylation sites (tertiary alicyclic amines) is 1. The summed E-state index contributed by atoms with van der Waals surface area (Å²) in [6.45, 7) is 4.55. The van der Waals surface area contributed by atoms with Crippen LogP contribution in [0.2, 0.25) is 0 Å². The SMILES string of the molecule is Cc1ccc2c(c1)C1CN(C)CCC1N2/C=C/c1ccccc1. The average Bonchev–Trinajstić information content (AvgIpc) is 2.86. The van der Waals surface area contributed by atoms with Gasteiger partial charge in [0.2, 0.25) is 0 Å². The number of benzene rings is 2. The highest BCUT2D eigenvalue weighted by Crippen LogP contribution is 2.45. The molecule has 0 radical (unpaired) electrons. The second kappa shape index (κ2) is 5.86. The number of piperidine rings is 1. The molecular formula is C21H24N2. The molecule has 2 aromatic rings. The third-order valence-electron chi connectivity index (χ3n) is 5.22. The minimum Gasteiger partial charge on any atom is -0.344 e. The van der Waals surface area contributed by atoms with Crippen molar-refractivity contribution in [3.63, 3.8) is 0 Å². The lowest BCUT2D eigenvalue weighted by molar-refractivity contribution is 0.235. The van der Waals surface area contributed by atoms with Gasteiger partial charge in [-0.2, -0.15) is 0 Å². The molecule has 0 aromatic heterocycles. The third-order valence-corrected chi connectivity index (χ3v) is 5.22. The monoisotopic (exact) mass is 304 g/mol. The standard InChI is InChI=1S/C21H24N2/c1-16-8-9-20-18(14-16)19-15-22(2)12-11-21(19)23(20)13-10-17-6-4-3-5-7-17/h3-10,13-14,19,21H,11-12,15H2,1-2H3/b13-10+. The summed E-state index contributed by atoms with van der Waals surface area (Å²) in [7, 11) is 2.24. The van der Waals surface area contributed by atoms with E-state index in [1.807, 2.05) is 0 Å². The Bertz CT molecular complexity index is 720. The highest BCUT2D eigenvalue weighted by atomic mass is 15.2. The summed E-state index contributed by atoms with van der Waals surface area (Å²) >= 11 is 0. The molecular weight excluding hydrogens is 280 g/mol. The summed E-state index contributed by atoms with van der Waals surface area (Å²) in [4.78, 5) is 4.98. The van der Waals surface area contributed by atoms with Crippen LogP contribution in [-0.4, -0.2) is 31.1 Å². The Balaban J connectivity index is 1.70. The second-order valence-electron chi connectivity index (χ2n) is 6.92. The molecule has 0 spiro atoms. The molecule has 0 saturated carbocycles. The van der Waals surface area contributed by atoms with Crippen LogP contribution in [-0.2, 0) is 0 Å². The Kier molecular flexibility index (Phi) is 3.70. The van der Waals surface area contributed by atoms with Crippen LogP contribution in [0.5, 0.6) is 0 Å². The Hall–Kier alpha value is -2.06. The van der Waals surface area contributed by atoms with Crippen LogP contribution in [0.3, 0.4) is 0 Å². The molecule has 2 heterocycles. The zero-order chi connectivity index (χ0) is 15.8. The van der Waals surface area contributed by atoms with Gasteiger partial charge in [-0.15, -0.1) is 0 Å². The predicted molar refractivity (Wildman–Crippen MR) is 97.8 cm³/mol. The summed E-state index contributed by atoms with van der Waals surface area (Å²) in [5, 5.41) is 0. The molecule has 0 bridgehead atoms. The molecule has 2 aromatic carbocycles. The van der Waals surface area contributed by atoms with Gasteiger partial charge in [-0.25, -0.2) is 0 Å². The van der Waals surface area contributed by atoms with Crippen molar-refractivity contribution in [3.05, 3.63) is 71.4 Å². The van der Waals surface area contributed by atoms with E-state index in [0.717, 1.165) is 6.54 Å². The van der Waals surface area contributed by atoms with Crippen LogP contribution in [0.15, 0.2) is 54.7 Å². The van der Waals surface area contributed by atoms with Gasteiger partial charge < -0.3 is 9.80 Å². The molecule has 2 heteroatoms. The van der Waals surface area contributed by atoms with E-state index < -0.39 is 0 Å². The molecule has 23 heavy (non-hydrogen) atoms. The van der Waals surface area contributed by atoms with Crippen molar-refractivity contribution < 1.29 is 0 Å². The Morgan fingerprint density at radius 3 is 2.74 bits per heavy atom. The van der Waals surface area contributed by atoms with Gasteiger partial charge in [0.05, 0.1) is 0 Å². The molecule has 2 atom stereocenters. The van der Waals surface area contributed by atoms with Crippen molar-refractivity contribution in [2.24, 2.45) is 0 Å². The molecule has 118 valence electrons. The highest BCUT2D eigenvalue weighted by molar-refractivity contribution is 5.68. The number of nitrogens with zero attached hydrogens (tertiary/aromatic N) is 2. The van der Waals surface area contributed by atoms with Gasteiger partial charge in [-0.05, 0) is 50.2 Å². The maximum absolute atomic E-state index is 2.51. The summed E-state index contributed by atoms with van der Waals surface area (Å²) in [6.07, 6.45) is 5.76. The number of rotatable bonds is 2. The van der Waals surface area contributed by atoms with E-state index in [9.17, 15) is 0 Å². The van der Waals surface area contributed by atoms with Gasteiger partial charge >= 0.3 is 0 Å². The summed E-state index contributed by atoms with van der Waals surface area (Å²) in [5.41, 5.74) is 5.55. The first kappa shape index (κ1) is 14.5. The summed E-state index contributed by atoms with van der Waals surface area (Å²) in [6, 6.07) is 18.1. The zero-order valence-electron chi connectivity index (χ0n) is 13.9. The predicted octanol–water partition coefficient (Wildman–Crippen LogP) is 4.27. The van der Waals surface area contributed by atoms with Gasteiger partial charge in [0.15, 0.2) is 0 Å². The van der Waals surface area contributed by atoms with Crippen molar-refractivity contribution >= 4 is 11.8 Å². The number of aryl methyl sites for hydroxylation is 1. The van der Waals surface area contributed by atoms with Gasteiger partial charge in [-0.1, -0.05) is 48.0 Å². The fourth-order valence-electron chi connectivity index (χ4n) is 4.05. The fourth-order valence-corrected chi connectivity index (χ4v) is 4.05. The van der Waals surface area contributed by atoms with E-state index in [4.69, 9.17) is 0 Å². The first-order valence-corrected chi connectivity index (χ1v) is 8.53. The van der Waals surface area contributed by atoms with Crippen LogP contribution >= 0.6 is 0 Å². The maximum Gasteiger partial charge on any atom is 0.0445 e. The fraction of sp³-hybridized carbons (Fsp3) is 0.333. The molecule has 4 rings (SSSR count). The van der Waals surface area contributed by atoms with Crippen LogP contribution in [0, 0.1) is 6.92 Å². The molecule has 0 amide bonds. The lowest BCUT2D eigenvalue weighted by Crippen LogP contribution is -2.43. The Labute approximate surface area is 139 Å². The Morgan fingerprint density at radius 2 is 1.91 bits per heavy atom. The van der Waals surface area contributed by atoms with Crippen LogP contribution in [0.1, 0.15) is 29.0 Å². The molecule has 0 aliphatic carbocycles. The number of hydrogen-bond acceptors (Lipinski definition) is 2. The number of fused-ring (bicyclic) bond motifs is 3. The minimum absolute atomic E-state index is 0.600.